The molecule has 164 valence electrons. The van der Waals surface area contributed by atoms with E-state index >= 15 is 0 Å². The molecule has 0 amide bonds. The Bertz CT molecular complexity index is 743. The first-order valence-electron chi connectivity index (χ1n) is 11.8. The van der Waals surface area contributed by atoms with Gasteiger partial charge in [-0.2, -0.15) is 0 Å². The van der Waals surface area contributed by atoms with Crippen LogP contribution in [0.5, 0.6) is 0 Å². The molecule has 0 bridgehead atoms. The second-order valence-electron chi connectivity index (χ2n) is 8.18. The molecule has 0 heterocycles. The minimum Gasteiger partial charge on any atom is -0.360 e. The molecule has 0 aliphatic carbocycles. The fourth-order valence-electron chi connectivity index (χ4n) is 4.20. The summed E-state index contributed by atoms with van der Waals surface area (Å²) in [6, 6.07) is 32.0. The summed E-state index contributed by atoms with van der Waals surface area (Å²) in [5, 5.41) is 0. The standard InChI is InChI=1S/C29H37NO/c1-3-5-22-30(23-6-4-2)24-25-31-29(26-16-10-7-11-17-26,27-18-12-8-13-19-27)28-20-14-9-15-21-28/h7-21H,3-6,22-25H2,1-2H3. The maximum Gasteiger partial charge on any atom is 0.143 e. The largest absolute Gasteiger partial charge is 0.360 e. The molecule has 0 saturated heterocycles. The lowest BCUT2D eigenvalue weighted by Crippen LogP contribution is -2.37. The molecule has 0 aromatic heterocycles. The van der Waals surface area contributed by atoms with Crippen LogP contribution in [-0.4, -0.2) is 31.1 Å². The first-order chi connectivity index (χ1) is 15.3. The summed E-state index contributed by atoms with van der Waals surface area (Å²) >= 11 is 0. The number of ether oxygens (including phenoxy) is 1. The Morgan fingerprint density at radius 2 is 0.968 bits per heavy atom. The van der Waals surface area contributed by atoms with Gasteiger partial charge >= 0.3 is 0 Å². The summed E-state index contributed by atoms with van der Waals surface area (Å²) in [6.07, 6.45) is 4.94. The smallest absolute Gasteiger partial charge is 0.143 e. The molecule has 0 saturated carbocycles. The fraction of sp³-hybridized carbons (Fsp3) is 0.379. The zero-order valence-electron chi connectivity index (χ0n) is 19.2. The van der Waals surface area contributed by atoms with Crippen molar-refractivity contribution in [1.29, 1.82) is 0 Å². The summed E-state index contributed by atoms with van der Waals surface area (Å²) in [7, 11) is 0. The van der Waals surface area contributed by atoms with E-state index in [9.17, 15) is 0 Å². The number of hydrogen-bond acceptors (Lipinski definition) is 2. The molecule has 0 aliphatic heterocycles. The number of rotatable bonds is 13. The van der Waals surface area contributed by atoms with Crippen molar-refractivity contribution in [3.63, 3.8) is 0 Å². The Morgan fingerprint density at radius 1 is 0.581 bits per heavy atom. The Kier molecular flexibility index (Phi) is 9.33. The van der Waals surface area contributed by atoms with Crippen LogP contribution in [0.2, 0.25) is 0 Å². The highest BCUT2D eigenvalue weighted by atomic mass is 16.5. The second kappa shape index (κ2) is 12.4. The van der Waals surface area contributed by atoms with Crippen LogP contribution in [0.4, 0.5) is 0 Å². The molecule has 0 unspecified atom stereocenters. The van der Waals surface area contributed by atoms with Crippen molar-refractivity contribution in [2.75, 3.05) is 26.2 Å². The third-order valence-electron chi connectivity index (χ3n) is 5.92. The molecule has 31 heavy (non-hydrogen) atoms. The molecule has 0 atom stereocenters. The SMILES string of the molecule is CCCCN(CCCC)CCOC(c1ccccc1)(c1ccccc1)c1ccccc1. The number of benzene rings is 3. The second-order valence-corrected chi connectivity index (χ2v) is 8.18. The van der Waals surface area contributed by atoms with E-state index in [0.29, 0.717) is 6.61 Å². The Labute approximate surface area is 188 Å². The molecular weight excluding hydrogens is 378 g/mol. The molecule has 0 fully saturated rings. The number of nitrogens with zero attached hydrogens (tertiary/aromatic N) is 1. The number of hydrogen-bond donors (Lipinski definition) is 0. The quantitative estimate of drug-likeness (QED) is 0.282. The molecule has 3 aromatic carbocycles. The zero-order valence-corrected chi connectivity index (χ0v) is 19.2. The van der Waals surface area contributed by atoms with Crippen molar-refractivity contribution in [3.8, 4) is 0 Å². The van der Waals surface area contributed by atoms with Crippen molar-refractivity contribution in [1.82, 2.24) is 4.90 Å². The average molecular weight is 416 g/mol. The highest BCUT2D eigenvalue weighted by Crippen LogP contribution is 2.40. The lowest BCUT2D eigenvalue weighted by Gasteiger charge is -2.36. The van der Waals surface area contributed by atoms with Gasteiger partial charge in [-0.15, -0.1) is 0 Å². The molecule has 3 aromatic rings. The van der Waals surface area contributed by atoms with Crippen molar-refractivity contribution in [2.24, 2.45) is 0 Å². The highest BCUT2D eigenvalue weighted by molar-refractivity contribution is 5.47. The summed E-state index contributed by atoms with van der Waals surface area (Å²) in [4.78, 5) is 2.57. The van der Waals surface area contributed by atoms with E-state index in [0.717, 1.165) is 19.6 Å². The zero-order chi connectivity index (χ0) is 21.8. The lowest BCUT2D eigenvalue weighted by atomic mass is 9.80. The summed E-state index contributed by atoms with van der Waals surface area (Å²) in [6.45, 7) is 8.46. The molecule has 0 aliphatic rings. The van der Waals surface area contributed by atoms with E-state index in [1.165, 1.54) is 42.4 Å². The average Bonchev–Trinajstić information content (AvgIpc) is 2.85. The first-order valence-corrected chi connectivity index (χ1v) is 11.8. The molecule has 0 N–H and O–H groups in total. The number of unbranched alkanes of at least 4 members (excludes halogenated alkanes) is 2. The predicted molar refractivity (Wildman–Crippen MR) is 131 cm³/mol. The monoisotopic (exact) mass is 415 g/mol. The van der Waals surface area contributed by atoms with E-state index in [1.54, 1.807) is 0 Å². The van der Waals surface area contributed by atoms with Gasteiger partial charge in [-0.05, 0) is 42.6 Å². The molecule has 2 heteroatoms. The van der Waals surface area contributed by atoms with E-state index in [4.69, 9.17) is 4.74 Å². The van der Waals surface area contributed by atoms with E-state index in [-0.39, 0.29) is 0 Å². The van der Waals surface area contributed by atoms with Crippen molar-refractivity contribution in [3.05, 3.63) is 108 Å². The van der Waals surface area contributed by atoms with Gasteiger partial charge in [-0.25, -0.2) is 0 Å². The van der Waals surface area contributed by atoms with Gasteiger partial charge < -0.3 is 9.64 Å². The third kappa shape index (κ3) is 6.06. The van der Waals surface area contributed by atoms with Gasteiger partial charge in [0, 0.05) is 6.54 Å². The maximum atomic E-state index is 6.94. The molecular formula is C29H37NO. The van der Waals surface area contributed by atoms with Crippen molar-refractivity contribution < 1.29 is 4.74 Å². The summed E-state index contributed by atoms with van der Waals surface area (Å²) < 4.78 is 6.94. The predicted octanol–water partition coefficient (Wildman–Crippen LogP) is 6.90. The topological polar surface area (TPSA) is 12.5 Å². The Hall–Kier alpha value is -2.42. The fourth-order valence-corrected chi connectivity index (χ4v) is 4.20. The normalized spacial score (nSPS) is 11.7. The molecule has 0 spiro atoms. The van der Waals surface area contributed by atoms with Gasteiger partial charge in [0.15, 0.2) is 0 Å². The summed E-state index contributed by atoms with van der Waals surface area (Å²) in [5.74, 6) is 0. The van der Waals surface area contributed by atoms with Crippen molar-refractivity contribution >= 4 is 0 Å². The van der Waals surface area contributed by atoms with Gasteiger partial charge in [0.05, 0.1) is 6.61 Å². The van der Waals surface area contributed by atoms with Crippen LogP contribution >= 0.6 is 0 Å². The van der Waals surface area contributed by atoms with E-state index in [2.05, 4.69) is 110 Å². The van der Waals surface area contributed by atoms with Gasteiger partial charge in [0.1, 0.15) is 5.60 Å². The van der Waals surface area contributed by atoms with E-state index < -0.39 is 5.60 Å². The van der Waals surface area contributed by atoms with Crippen LogP contribution < -0.4 is 0 Å². The Morgan fingerprint density at radius 3 is 1.32 bits per heavy atom. The maximum absolute atomic E-state index is 6.94. The van der Waals surface area contributed by atoms with Crippen LogP contribution in [0.1, 0.15) is 56.2 Å². The Balaban J connectivity index is 1.94. The minimum absolute atomic E-state index is 0.620. The van der Waals surface area contributed by atoms with Crippen molar-refractivity contribution in [2.45, 2.75) is 45.1 Å². The minimum atomic E-state index is -0.620. The van der Waals surface area contributed by atoms with Crippen LogP contribution in [0.25, 0.3) is 0 Å². The van der Waals surface area contributed by atoms with Crippen LogP contribution in [0.3, 0.4) is 0 Å². The van der Waals surface area contributed by atoms with Gasteiger partial charge in [-0.3, -0.25) is 0 Å². The molecule has 0 radical (unpaired) electrons. The van der Waals surface area contributed by atoms with Gasteiger partial charge in [0.25, 0.3) is 0 Å². The first kappa shape index (κ1) is 23.2. The van der Waals surface area contributed by atoms with Gasteiger partial charge in [0.2, 0.25) is 0 Å². The highest BCUT2D eigenvalue weighted by Gasteiger charge is 2.37. The van der Waals surface area contributed by atoms with Gasteiger partial charge in [-0.1, -0.05) is 118 Å². The van der Waals surface area contributed by atoms with Crippen LogP contribution in [-0.2, 0) is 10.3 Å². The summed E-state index contributed by atoms with van der Waals surface area (Å²) in [5.41, 5.74) is 2.88. The van der Waals surface area contributed by atoms with Crippen LogP contribution in [0, 0.1) is 0 Å². The third-order valence-corrected chi connectivity index (χ3v) is 5.92. The lowest BCUT2D eigenvalue weighted by molar-refractivity contribution is 0.000690. The molecule has 2 nitrogen and oxygen atoms in total. The van der Waals surface area contributed by atoms with E-state index in [1.807, 2.05) is 0 Å². The molecule has 3 rings (SSSR count). The van der Waals surface area contributed by atoms with Crippen LogP contribution in [0.15, 0.2) is 91.0 Å².